The molecule has 4 aliphatic heterocycles. The zero-order valence-corrected chi connectivity index (χ0v) is 34.2. The third kappa shape index (κ3) is 11.5. The monoisotopic (exact) mass is 884 g/mol. The van der Waals surface area contributed by atoms with E-state index in [1.54, 1.807) is 6.92 Å². The summed E-state index contributed by atoms with van der Waals surface area (Å²) in [5, 5.41) is 5.97. The quantitative estimate of drug-likeness (QED) is 0.216. The molecule has 0 radical (unpaired) electrons. The summed E-state index contributed by atoms with van der Waals surface area (Å²) in [5.74, 6) is -1.23. The summed E-state index contributed by atoms with van der Waals surface area (Å²) in [6, 6.07) is -0.431. The van der Waals surface area contributed by atoms with E-state index in [9.17, 15) is 48.0 Å². The highest BCUT2D eigenvalue weighted by Crippen LogP contribution is 2.32. The molecule has 0 saturated carbocycles. The molecule has 59 heavy (non-hydrogen) atoms. The predicted molar refractivity (Wildman–Crippen MR) is 202 cm³/mol. The first-order chi connectivity index (χ1) is 27.8. The third-order valence-corrected chi connectivity index (χ3v) is 15.6. The summed E-state index contributed by atoms with van der Waals surface area (Å²) >= 11 is 0. The number of ether oxygens (including phenoxy) is 1. The summed E-state index contributed by atoms with van der Waals surface area (Å²) < 4.78 is 143. The molecule has 3 atom stereocenters. The highest BCUT2D eigenvalue weighted by molar-refractivity contribution is 7.87. The molecule has 24 heteroatoms. The Bertz CT molecular complexity index is 1930. The number of carbonyl (C=O) groups excluding carboxylic acids is 1. The molecule has 2 N–H and O–H groups in total. The molecular weight excluding hydrogens is 835 g/mol. The van der Waals surface area contributed by atoms with Gasteiger partial charge in [0.2, 0.25) is 11.9 Å². The minimum atomic E-state index is -4.55. The lowest BCUT2D eigenvalue weighted by Gasteiger charge is -2.39. The van der Waals surface area contributed by atoms with Crippen LogP contribution in [0, 0.1) is 17.8 Å². The number of halogens is 6. The summed E-state index contributed by atoms with van der Waals surface area (Å²) in [6.45, 7) is 3.76. The molecule has 3 unspecified atom stereocenters. The predicted octanol–water partition coefficient (Wildman–Crippen LogP) is 4.24. The second kappa shape index (κ2) is 18.7. The molecule has 2 aromatic heterocycles. The Morgan fingerprint density at radius 1 is 0.678 bits per heavy atom. The van der Waals surface area contributed by atoms with Gasteiger partial charge in [0.25, 0.3) is 20.4 Å². The molecule has 6 heterocycles. The summed E-state index contributed by atoms with van der Waals surface area (Å²) in [7, 11) is -7.61. The Morgan fingerprint density at radius 3 is 1.54 bits per heavy atom. The van der Waals surface area contributed by atoms with E-state index in [1.165, 1.54) is 17.2 Å². The first-order valence-corrected chi connectivity index (χ1v) is 22.6. The normalized spacial score (nSPS) is 23.8. The van der Waals surface area contributed by atoms with Crippen LogP contribution in [0.4, 0.5) is 38.2 Å². The van der Waals surface area contributed by atoms with Crippen molar-refractivity contribution in [3.8, 4) is 0 Å². The third-order valence-electron chi connectivity index (χ3n) is 11.6. The molecule has 4 saturated heterocycles. The van der Waals surface area contributed by atoms with Crippen molar-refractivity contribution in [1.29, 1.82) is 0 Å². The van der Waals surface area contributed by atoms with Crippen molar-refractivity contribution in [3.63, 3.8) is 0 Å². The Kier molecular flexibility index (Phi) is 14.3. The first-order valence-electron chi connectivity index (χ1n) is 19.8. The van der Waals surface area contributed by atoms with Crippen LogP contribution in [0.25, 0.3) is 0 Å². The molecule has 6 rings (SSSR count). The summed E-state index contributed by atoms with van der Waals surface area (Å²) in [5.41, 5.74) is -1.92. The van der Waals surface area contributed by atoms with Gasteiger partial charge < -0.3 is 15.4 Å². The zero-order valence-electron chi connectivity index (χ0n) is 32.5. The number of carbonyl (C=O) groups is 1. The fourth-order valence-corrected chi connectivity index (χ4v) is 11.5. The van der Waals surface area contributed by atoms with Gasteiger partial charge in [-0.05, 0) is 69.6 Å². The average Bonchev–Trinajstić information content (AvgIpc) is 3.21. The van der Waals surface area contributed by atoms with Crippen molar-refractivity contribution in [3.05, 3.63) is 35.9 Å². The number of esters is 1. The maximum atomic E-state index is 13.6. The second-order valence-corrected chi connectivity index (χ2v) is 19.5. The van der Waals surface area contributed by atoms with Crippen molar-refractivity contribution >= 4 is 38.3 Å². The summed E-state index contributed by atoms with van der Waals surface area (Å²) in [4.78, 5) is 28.1. The van der Waals surface area contributed by atoms with Crippen molar-refractivity contribution in [2.75, 3.05) is 69.6 Å². The number of anilines is 2. The van der Waals surface area contributed by atoms with Gasteiger partial charge in [-0.15, -0.1) is 0 Å². The van der Waals surface area contributed by atoms with E-state index in [0.717, 1.165) is 6.42 Å². The van der Waals surface area contributed by atoms with Gasteiger partial charge in [0.1, 0.15) is 0 Å². The standard InChI is InChI=1S/C35H50F6N10O6S2/c1-24(26-5-3-12-51(23-26)59(55,56)49-15-8-30(9-16-49)47-33-44-20-28(21-45-33)35(39,40)41)31(52)57-17-10-25-4-2-11-50(22-25)58(53,54)48-13-6-29(7-14-48)46-32-42-18-27(19-43-32)34(36,37)38/h18-21,24-26,29-30H,2-17,22-23H2,1H3,(H,42,43,46)(H,44,45,47). The largest absolute Gasteiger partial charge is 0.465 e. The molecule has 0 amide bonds. The van der Waals surface area contributed by atoms with Crippen LogP contribution in [0.3, 0.4) is 0 Å². The lowest BCUT2D eigenvalue weighted by atomic mass is 9.87. The van der Waals surface area contributed by atoms with Crippen LogP contribution >= 0.6 is 0 Å². The number of nitrogens with one attached hydrogen (secondary N) is 2. The van der Waals surface area contributed by atoms with E-state index >= 15 is 0 Å². The average molecular weight is 885 g/mol. The van der Waals surface area contributed by atoms with Crippen LogP contribution in [0.5, 0.6) is 0 Å². The molecule has 0 aliphatic carbocycles. The maximum Gasteiger partial charge on any atom is 0.419 e. The smallest absolute Gasteiger partial charge is 0.419 e. The van der Waals surface area contributed by atoms with Crippen LogP contribution in [-0.4, -0.2) is 131 Å². The molecule has 0 aromatic carbocycles. The van der Waals surface area contributed by atoms with Crippen LogP contribution in [-0.2, 0) is 42.3 Å². The molecule has 4 fully saturated rings. The van der Waals surface area contributed by atoms with Gasteiger partial charge in [-0.2, -0.15) is 60.4 Å². The van der Waals surface area contributed by atoms with Crippen LogP contribution in [0.1, 0.15) is 75.8 Å². The van der Waals surface area contributed by atoms with Gasteiger partial charge in [0.15, 0.2) is 0 Å². The minimum Gasteiger partial charge on any atom is -0.465 e. The molecule has 4 aliphatic rings. The maximum absolute atomic E-state index is 13.6. The van der Waals surface area contributed by atoms with Gasteiger partial charge in [-0.3, -0.25) is 4.79 Å². The molecule has 16 nitrogen and oxygen atoms in total. The molecule has 0 spiro atoms. The van der Waals surface area contributed by atoms with E-state index in [0.29, 0.717) is 89.2 Å². The Hall–Kier alpha value is -3.45. The fraction of sp³-hybridized carbons (Fsp3) is 0.743. The van der Waals surface area contributed by atoms with Crippen molar-refractivity contribution in [1.82, 2.24) is 37.2 Å². The SMILES string of the molecule is CC(C(=O)OCCC1CCCN(S(=O)(=O)N2CCC(Nc3ncc(C(F)(F)F)cn3)CC2)C1)C1CCCN(S(=O)(=O)N2CCC(Nc3ncc(C(F)(F)F)cn3)CC2)C1. The van der Waals surface area contributed by atoms with E-state index < -0.39 is 55.8 Å². The topological polar surface area (TPSA) is 183 Å². The molecule has 330 valence electrons. The molecule has 0 bridgehead atoms. The van der Waals surface area contributed by atoms with Crippen molar-refractivity contribution < 1.29 is 52.7 Å². The number of piperidine rings is 4. The number of rotatable bonds is 13. The van der Waals surface area contributed by atoms with E-state index in [4.69, 9.17) is 4.74 Å². The number of nitrogens with zero attached hydrogens (tertiary/aromatic N) is 8. The van der Waals surface area contributed by atoms with Crippen molar-refractivity contribution in [2.45, 2.75) is 89.1 Å². The van der Waals surface area contributed by atoms with Gasteiger partial charge >= 0.3 is 18.3 Å². The minimum absolute atomic E-state index is 0.0326. The van der Waals surface area contributed by atoms with Gasteiger partial charge in [-0.25, -0.2) is 19.9 Å². The number of hydrogen-bond donors (Lipinski definition) is 2. The lowest BCUT2D eigenvalue weighted by Crippen LogP contribution is -2.52. The Balaban J connectivity index is 0.905. The van der Waals surface area contributed by atoms with Crippen LogP contribution in [0.2, 0.25) is 0 Å². The van der Waals surface area contributed by atoms with Crippen molar-refractivity contribution in [2.24, 2.45) is 17.8 Å². The van der Waals surface area contributed by atoms with Crippen LogP contribution in [0.15, 0.2) is 24.8 Å². The van der Waals surface area contributed by atoms with E-state index in [1.807, 2.05) is 0 Å². The molecular formula is C35H50F6N10O6S2. The first kappa shape index (κ1) is 45.1. The highest BCUT2D eigenvalue weighted by atomic mass is 32.2. The van der Waals surface area contributed by atoms with Gasteiger partial charge in [0.05, 0.1) is 23.7 Å². The van der Waals surface area contributed by atoms with Gasteiger partial charge in [-0.1, -0.05) is 6.92 Å². The fourth-order valence-electron chi connectivity index (χ4n) is 7.97. The highest BCUT2D eigenvalue weighted by Gasteiger charge is 2.40. The second-order valence-electron chi connectivity index (χ2n) is 15.6. The Labute approximate surface area is 339 Å². The lowest BCUT2D eigenvalue weighted by molar-refractivity contribution is -0.151. The number of aromatic nitrogens is 4. The molecule has 2 aromatic rings. The number of alkyl halides is 6. The zero-order chi connectivity index (χ0) is 42.6. The number of hydrogen-bond acceptors (Lipinski definition) is 12. The Morgan fingerprint density at radius 2 is 1.10 bits per heavy atom. The van der Waals surface area contributed by atoms with E-state index in [2.05, 4.69) is 30.6 Å². The van der Waals surface area contributed by atoms with Crippen LogP contribution < -0.4 is 10.6 Å². The summed E-state index contributed by atoms with van der Waals surface area (Å²) in [6.07, 6.45) is -1.57. The van der Waals surface area contributed by atoms with E-state index in [-0.39, 0.29) is 81.7 Å². The van der Waals surface area contributed by atoms with Gasteiger partial charge in [0, 0.05) is 89.2 Å².